The Kier molecular flexibility index (Phi) is 13.7. The minimum atomic E-state index is -2.55. The fraction of sp³-hybridized carbons (Fsp3) is 0.646. The van der Waals surface area contributed by atoms with Crippen molar-refractivity contribution in [2.45, 2.75) is 174 Å². The first kappa shape index (κ1) is 47.8. The monoisotopic (exact) mass is 883 g/mol. The van der Waals surface area contributed by atoms with Crippen LogP contribution in [0.5, 0.6) is 0 Å². The minimum Gasteiger partial charge on any atom is -0.478 e. The summed E-state index contributed by atoms with van der Waals surface area (Å²) in [7, 11) is 0. The lowest BCUT2D eigenvalue weighted by molar-refractivity contribution is -0.0478. The van der Waals surface area contributed by atoms with Gasteiger partial charge in [0, 0.05) is 74.3 Å². The molecule has 3 aliphatic rings. The molecule has 0 radical (unpaired) electrons. The second-order valence-corrected chi connectivity index (χ2v) is 21.1. The fourth-order valence-electron chi connectivity index (χ4n) is 9.01. The van der Waals surface area contributed by atoms with E-state index in [1.165, 1.54) is 0 Å². The SMILES string of the molecule is CC(C)(C)OC(=O)NC1CCN(C(=O)c2ccc3c(c2)nc(C(C)(C)C)n3CC2CCC(F)(F)CC2)CC1.CC(C)(C)c1nc2cc(C(=O)O)ccc2n1CC1CCC(F)(F)CC1. The van der Waals surface area contributed by atoms with E-state index in [2.05, 4.69) is 61.0 Å². The van der Waals surface area contributed by atoms with Gasteiger partial charge in [-0.05, 0) is 108 Å². The molecular formula is C48H66F4N6O5. The maximum Gasteiger partial charge on any atom is 0.407 e. The third-order valence-corrected chi connectivity index (χ3v) is 12.4. The van der Waals surface area contributed by atoms with Crippen molar-refractivity contribution in [1.82, 2.24) is 29.3 Å². The molecule has 2 amide bonds. The zero-order valence-electron chi connectivity index (χ0n) is 38.4. The van der Waals surface area contributed by atoms with Crippen molar-refractivity contribution in [2.24, 2.45) is 11.8 Å². The first-order chi connectivity index (χ1) is 29.2. The number of rotatable bonds is 7. The second-order valence-electron chi connectivity index (χ2n) is 21.1. The highest BCUT2D eigenvalue weighted by atomic mass is 19.3. The topological polar surface area (TPSA) is 132 Å². The number of aromatic nitrogens is 4. The van der Waals surface area contributed by atoms with Gasteiger partial charge in [-0.3, -0.25) is 4.79 Å². The molecule has 0 atom stereocenters. The molecule has 2 aromatic heterocycles. The molecule has 3 fully saturated rings. The number of aromatic carboxylic acids is 1. The van der Waals surface area contributed by atoms with E-state index >= 15 is 0 Å². The lowest BCUT2D eigenvalue weighted by atomic mass is 9.86. The summed E-state index contributed by atoms with van der Waals surface area (Å²) in [5.41, 5.74) is 2.98. The third kappa shape index (κ3) is 12.1. The van der Waals surface area contributed by atoms with Gasteiger partial charge in [-0.2, -0.15) is 0 Å². The van der Waals surface area contributed by atoms with Crippen LogP contribution >= 0.6 is 0 Å². The van der Waals surface area contributed by atoms with E-state index < -0.39 is 29.5 Å². The number of carboxylic acids is 1. The molecule has 2 N–H and O–H groups in total. The summed E-state index contributed by atoms with van der Waals surface area (Å²) >= 11 is 0. The van der Waals surface area contributed by atoms with Crippen LogP contribution in [0.15, 0.2) is 36.4 Å². The van der Waals surface area contributed by atoms with Crippen LogP contribution in [-0.2, 0) is 28.7 Å². The summed E-state index contributed by atoms with van der Waals surface area (Å²) in [6.45, 7) is 20.3. The summed E-state index contributed by atoms with van der Waals surface area (Å²) in [4.78, 5) is 48.0. The van der Waals surface area contributed by atoms with Crippen molar-refractivity contribution >= 4 is 40.0 Å². The Morgan fingerprint density at radius 1 is 0.683 bits per heavy atom. The van der Waals surface area contributed by atoms with Gasteiger partial charge < -0.3 is 29.2 Å². The molecule has 1 aliphatic heterocycles. The molecule has 346 valence electrons. The number of nitrogens with one attached hydrogen (secondary N) is 1. The molecule has 0 spiro atoms. The zero-order valence-corrected chi connectivity index (χ0v) is 38.4. The molecule has 4 aromatic rings. The van der Waals surface area contributed by atoms with Crippen LogP contribution in [0.4, 0.5) is 22.4 Å². The summed E-state index contributed by atoms with van der Waals surface area (Å²) in [6.07, 6.45) is 2.68. The molecule has 15 heteroatoms. The van der Waals surface area contributed by atoms with E-state index in [1.54, 1.807) is 18.2 Å². The normalized spacial score (nSPS) is 19.2. The number of ether oxygens (including phenoxy) is 1. The average molecular weight is 883 g/mol. The molecule has 2 saturated carbocycles. The van der Waals surface area contributed by atoms with E-state index in [9.17, 15) is 37.1 Å². The van der Waals surface area contributed by atoms with Crippen molar-refractivity contribution in [3.63, 3.8) is 0 Å². The van der Waals surface area contributed by atoms with Crippen molar-refractivity contribution in [2.75, 3.05) is 13.1 Å². The van der Waals surface area contributed by atoms with Crippen molar-refractivity contribution in [1.29, 1.82) is 0 Å². The number of halogens is 4. The summed E-state index contributed by atoms with van der Waals surface area (Å²) < 4.78 is 63.9. The number of carbonyl (C=O) groups excluding carboxylic acids is 2. The van der Waals surface area contributed by atoms with Crippen LogP contribution in [0.1, 0.15) is 159 Å². The predicted octanol–water partition coefficient (Wildman–Crippen LogP) is 11.1. The van der Waals surface area contributed by atoms with Gasteiger partial charge in [-0.25, -0.2) is 37.1 Å². The quantitative estimate of drug-likeness (QED) is 0.177. The zero-order chi connectivity index (χ0) is 46.3. The number of piperidine rings is 1. The van der Waals surface area contributed by atoms with Gasteiger partial charge in [-0.1, -0.05) is 41.5 Å². The molecule has 0 bridgehead atoms. The van der Waals surface area contributed by atoms with Gasteiger partial charge in [-0.15, -0.1) is 0 Å². The molecule has 7 rings (SSSR count). The number of likely N-dealkylation sites (tertiary alicyclic amines) is 1. The number of hydrogen-bond donors (Lipinski definition) is 2. The predicted molar refractivity (Wildman–Crippen MR) is 236 cm³/mol. The van der Waals surface area contributed by atoms with Crippen molar-refractivity contribution < 1.29 is 41.8 Å². The number of alkyl halides is 4. The van der Waals surface area contributed by atoms with E-state index in [1.807, 2.05) is 43.9 Å². The Hall–Kier alpha value is -4.69. The number of fused-ring (bicyclic) bond motifs is 2. The second kappa shape index (κ2) is 18.1. The maximum absolute atomic E-state index is 13.7. The Morgan fingerprint density at radius 2 is 1.10 bits per heavy atom. The van der Waals surface area contributed by atoms with Crippen LogP contribution in [0.3, 0.4) is 0 Å². The third-order valence-electron chi connectivity index (χ3n) is 12.4. The molecule has 1 saturated heterocycles. The van der Waals surface area contributed by atoms with Crippen LogP contribution in [-0.4, -0.2) is 83.7 Å². The van der Waals surface area contributed by atoms with E-state index in [0.29, 0.717) is 75.8 Å². The Balaban J connectivity index is 0.000000228. The standard InChI is InChI=1S/C29H42F2N4O3.C19H24F2N2O2/c1-27(2,3)25-33-22-17-20(7-8-23(22)35(25)18-19-9-13-29(30,31)14-10-19)24(36)34-15-11-21(12-16-34)32-26(37)38-28(4,5)6;1-18(2,3)17-22-14-10-13(16(24)25)4-5-15(14)23(17)11-12-6-8-19(20,21)9-7-12/h7-8,17,19,21H,9-16,18H2,1-6H3,(H,32,37);4-5,10,12H,6-9,11H2,1-3H3,(H,24,25). The van der Waals surface area contributed by atoms with Crippen LogP contribution in [0, 0.1) is 11.8 Å². The number of nitrogens with zero attached hydrogens (tertiary/aromatic N) is 5. The number of carbonyl (C=O) groups is 3. The van der Waals surface area contributed by atoms with Crippen molar-refractivity contribution in [3.8, 4) is 0 Å². The fourth-order valence-corrected chi connectivity index (χ4v) is 9.01. The summed E-state index contributed by atoms with van der Waals surface area (Å²) in [5, 5.41) is 12.1. The number of benzene rings is 2. The van der Waals surface area contributed by atoms with E-state index in [4.69, 9.17) is 9.72 Å². The van der Waals surface area contributed by atoms with Gasteiger partial charge in [0.2, 0.25) is 11.8 Å². The van der Waals surface area contributed by atoms with E-state index in [-0.39, 0.29) is 65.9 Å². The van der Waals surface area contributed by atoms with Crippen LogP contribution in [0.2, 0.25) is 0 Å². The van der Waals surface area contributed by atoms with Gasteiger partial charge in [0.25, 0.3) is 5.91 Å². The van der Waals surface area contributed by atoms with Crippen molar-refractivity contribution in [3.05, 3.63) is 59.2 Å². The van der Waals surface area contributed by atoms with Gasteiger partial charge in [0.1, 0.15) is 17.2 Å². The molecule has 0 unspecified atom stereocenters. The van der Waals surface area contributed by atoms with Gasteiger partial charge >= 0.3 is 12.1 Å². The first-order valence-electron chi connectivity index (χ1n) is 22.5. The molecule has 63 heavy (non-hydrogen) atoms. The lowest BCUT2D eigenvalue weighted by Gasteiger charge is -2.33. The molecule has 3 heterocycles. The molecule has 11 nitrogen and oxygen atoms in total. The smallest absolute Gasteiger partial charge is 0.407 e. The largest absolute Gasteiger partial charge is 0.478 e. The number of hydrogen-bond acceptors (Lipinski definition) is 6. The summed E-state index contributed by atoms with van der Waals surface area (Å²) in [5.74, 6) is -3.97. The highest BCUT2D eigenvalue weighted by Gasteiger charge is 2.37. The Morgan fingerprint density at radius 3 is 1.49 bits per heavy atom. The maximum atomic E-state index is 13.7. The molecule has 2 aliphatic carbocycles. The highest BCUT2D eigenvalue weighted by Crippen LogP contribution is 2.40. The average Bonchev–Trinajstić information content (AvgIpc) is 3.74. The highest BCUT2D eigenvalue weighted by molar-refractivity contribution is 5.97. The van der Waals surface area contributed by atoms with Crippen LogP contribution in [0.25, 0.3) is 22.1 Å². The Labute approximate surface area is 368 Å². The minimum absolute atomic E-state index is 0.0267. The van der Waals surface area contributed by atoms with E-state index in [0.717, 1.165) is 28.2 Å². The van der Waals surface area contributed by atoms with Gasteiger partial charge in [0.05, 0.1) is 27.6 Å². The summed E-state index contributed by atoms with van der Waals surface area (Å²) in [6, 6.07) is 10.5. The first-order valence-corrected chi connectivity index (χ1v) is 22.5. The van der Waals surface area contributed by atoms with Gasteiger partial charge in [0.15, 0.2) is 0 Å². The number of alkyl carbamates (subject to hydrolysis) is 1. The number of imidazole rings is 2. The van der Waals surface area contributed by atoms with Crippen LogP contribution < -0.4 is 5.32 Å². The molecule has 2 aromatic carbocycles. The lowest BCUT2D eigenvalue weighted by Crippen LogP contribution is -2.47. The number of carboxylic acid groups (broad SMARTS) is 1. The molecular weight excluding hydrogens is 817 g/mol. The number of amides is 2. The Bertz CT molecular complexity index is 2270.